The van der Waals surface area contributed by atoms with Gasteiger partial charge in [-0.1, -0.05) is 0 Å². The van der Waals surface area contributed by atoms with E-state index in [1.165, 1.54) is 24.3 Å². The molecule has 1 saturated heterocycles. The third kappa shape index (κ3) is 5.08. The minimum atomic E-state index is -2.47. The summed E-state index contributed by atoms with van der Waals surface area (Å²) in [6.45, 7) is 0.265. The van der Waals surface area contributed by atoms with E-state index in [1.54, 1.807) is 0 Å². The Hall–Kier alpha value is -2.57. The highest BCUT2D eigenvalue weighted by Gasteiger charge is 2.56. The van der Waals surface area contributed by atoms with Crippen molar-refractivity contribution in [1.82, 2.24) is 5.32 Å². The molecule has 1 heterocycles. The molecule has 2 rings (SSSR count). The summed E-state index contributed by atoms with van der Waals surface area (Å²) in [6.07, 6.45) is -6.80. The maximum atomic E-state index is 12.0. The zero-order valence-electron chi connectivity index (χ0n) is 15.5. The fourth-order valence-electron chi connectivity index (χ4n) is 3.04. The monoisotopic (exact) mass is 413 g/mol. The molecule has 0 aromatic heterocycles. The first-order chi connectivity index (χ1) is 13.6. The zero-order chi connectivity index (χ0) is 21.8. The SMILES string of the molecule is CC(=O)N[C@H]1[C@H]([C@H](O)[C@H](O)CO)O[C@@](Oc2ccc(C=O)cc2)(C(=O)O)C[C@@H]1O. The third-order valence-corrected chi connectivity index (χ3v) is 4.49. The standard InChI is InChI=1S/C18H23NO10/c1-9(22)19-14-12(23)6-18(17(26)27,29-16(14)15(25)13(24)8-21)28-11-4-2-10(7-20)3-5-11/h2-5,7,12-16,21,23-25H,6,8H2,1H3,(H,19,22)(H,26,27)/t12-,13+,14+,15+,16+,18+/m0/s1. The molecule has 1 aromatic rings. The first-order valence-corrected chi connectivity index (χ1v) is 8.71. The predicted octanol–water partition coefficient (Wildman–Crippen LogP) is -1.97. The average Bonchev–Trinajstić information content (AvgIpc) is 2.68. The zero-order valence-corrected chi connectivity index (χ0v) is 15.5. The second-order valence-corrected chi connectivity index (χ2v) is 6.67. The topological polar surface area (TPSA) is 183 Å². The van der Waals surface area contributed by atoms with Gasteiger partial charge in [-0.3, -0.25) is 9.59 Å². The normalized spacial score (nSPS) is 28.8. The van der Waals surface area contributed by atoms with Crippen LogP contribution in [-0.4, -0.2) is 86.5 Å². The number of carboxylic acids is 1. The van der Waals surface area contributed by atoms with Crippen LogP contribution >= 0.6 is 0 Å². The lowest BCUT2D eigenvalue weighted by atomic mass is 9.88. The van der Waals surface area contributed by atoms with Crippen LogP contribution in [0.15, 0.2) is 24.3 Å². The lowest BCUT2D eigenvalue weighted by Crippen LogP contribution is -2.68. The summed E-state index contributed by atoms with van der Waals surface area (Å²) in [6, 6.07) is 4.10. The molecule has 1 fully saturated rings. The van der Waals surface area contributed by atoms with E-state index >= 15 is 0 Å². The number of amides is 1. The maximum absolute atomic E-state index is 12.0. The molecule has 0 unspecified atom stereocenters. The van der Waals surface area contributed by atoms with Crippen molar-refractivity contribution in [1.29, 1.82) is 0 Å². The second kappa shape index (κ2) is 9.29. The minimum Gasteiger partial charge on any atom is -0.476 e. The molecule has 0 saturated carbocycles. The van der Waals surface area contributed by atoms with Crippen molar-refractivity contribution in [2.45, 2.75) is 49.6 Å². The molecule has 0 spiro atoms. The number of carbonyl (C=O) groups excluding carboxylic acids is 2. The summed E-state index contributed by atoms with van der Waals surface area (Å²) in [5.41, 5.74) is 0.316. The minimum absolute atomic E-state index is 0.000812. The van der Waals surface area contributed by atoms with Gasteiger partial charge in [0.25, 0.3) is 0 Å². The highest BCUT2D eigenvalue weighted by Crippen LogP contribution is 2.34. The van der Waals surface area contributed by atoms with Gasteiger partial charge in [-0.05, 0) is 24.3 Å². The second-order valence-electron chi connectivity index (χ2n) is 6.67. The number of carboxylic acid groups (broad SMARTS) is 1. The maximum Gasteiger partial charge on any atom is 0.377 e. The van der Waals surface area contributed by atoms with Crippen molar-refractivity contribution in [3.8, 4) is 5.75 Å². The summed E-state index contributed by atoms with van der Waals surface area (Å²) < 4.78 is 10.9. The van der Waals surface area contributed by atoms with Crippen LogP contribution in [0, 0.1) is 0 Å². The Labute approximate surface area is 165 Å². The molecule has 6 N–H and O–H groups in total. The predicted molar refractivity (Wildman–Crippen MR) is 95.0 cm³/mol. The number of hydrogen-bond acceptors (Lipinski definition) is 9. The molecule has 0 aliphatic carbocycles. The molecule has 11 nitrogen and oxygen atoms in total. The summed E-state index contributed by atoms with van der Waals surface area (Å²) in [5, 5.41) is 51.8. The van der Waals surface area contributed by atoms with Gasteiger partial charge in [-0.2, -0.15) is 0 Å². The van der Waals surface area contributed by atoms with E-state index < -0.39 is 61.1 Å². The van der Waals surface area contributed by atoms with E-state index in [4.69, 9.17) is 14.6 Å². The molecule has 29 heavy (non-hydrogen) atoms. The van der Waals surface area contributed by atoms with Crippen LogP contribution in [0.3, 0.4) is 0 Å². The van der Waals surface area contributed by atoms with Gasteiger partial charge in [0.1, 0.15) is 30.3 Å². The van der Waals surface area contributed by atoms with E-state index in [2.05, 4.69) is 5.32 Å². The van der Waals surface area contributed by atoms with E-state index in [1.807, 2.05) is 0 Å². The van der Waals surface area contributed by atoms with E-state index in [0.29, 0.717) is 11.8 Å². The van der Waals surface area contributed by atoms with Crippen LogP contribution < -0.4 is 10.1 Å². The lowest BCUT2D eigenvalue weighted by Gasteiger charge is -2.46. The molecular weight excluding hydrogens is 390 g/mol. The quantitative estimate of drug-likeness (QED) is 0.261. The number of aliphatic hydroxyl groups excluding tert-OH is 4. The number of aliphatic carboxylic acids is 1. The molecule has 6 atom stereocenters. The van der Waals surface area contributed by atoms with Gasteiger partial charge < -0.3 is 40.3 Å². The van der Waals surface area contributed by atoms with Crippen LogP contribution in [0.5, 0.6) is 5.75 Å². The molecule has 1 aliphatic rings. The average molecular weight is 413 g/mol. The van der Waals surface area contributed by atoms with Crippen LogP contribution in [0.2, 0.25) is 0 Å². The van der Waals surface area contributed by atoms with Crippen molar-refractivity contribution >= 4 is 18.2 Å². The van der Waals surface area contributed by atoms with Crippen molar-refractivity contribution in [3.05, 3.63) is 29.8 Å². The van der Waals surface area contributed by atoms with Gasteiger partial charge in [0.15, 0.2) is 0 Å². The molecule has 11 heteroatoms. The van der Waals surface area contributed by atoms with Crippen molar-refractivity contribution < 1.29 is 49.4 Å². The number of aldehydes is 1. The Balaban J connectivity index is 2.40. The molecule has 160 valence electrons. The van der Waals surface area contributed by atoms with Crippen LogP contribution in [0.25, 0.3) is 0 Å². The first-order valence-electron chi connectivity index (χ1n) is 8.71. The number of nitrogens with one attached hydrogen (secondary N) is 1. The molecule has 0 radical (unpaired) electrons. The summed E-state index contributed by atoms with van der Waals surface area (Å²) in [7, 11) is 0. The Bertz CT molecular complexity index is 739. The highest BCUT2D eigenvalue weighted by atomic mass is 16.7. The van der Waals surface area contributed by atoms with Crippen LogP contribution in [0.4, 0.5) is 0 Å². The Morgan fingerprint density at radius 3 is 2.45 bits per heavy atom. The van der Waals surface area contributed by atoms with E-state index in [9.17, 15) is 34.8 Å². The van der Waals surface area contributed by atoms with Gasteiger partial charge >= 0.3 is 11.8 Å². The largest absolute Gasteiger partial charge is 0.476 e. The van der Waals surface area contributed by atoms with Gasteiger partial charge in [0.05, 0.1) is 25.2 Å². The van der Waals surface area contributed by atoms with Crippen molar-refractivity contribution in [2.75, 3.05) is 6.61 Å². The van der Waals surface area contributed by atoms with E-state index in [0.717, 1.165) is 6.92 Å². The summed E-state index contributed by atoms with van der Waals surface area (Å²) in [5.74, 6) is -4.70. The summed E-state index contributed by atoms with van der Waals surface area (Å²) in [4.78, 5) is 34.2. The number of carbonyl (C=O) groups is 3. The van der Waals surface area contributed by atoms with Gasteiger partial charge in [0.2, 0.25) is 5.91 Å². The Kier molecular flexibility index (Phi) is 7.27. The number of benzene rings is 1. The number of rotatable bonds is 8. The fraction of sp³-hybridized carbons (Fsp3) is 0.500. The molecule has 0 bridgehead atoms. The highest BCUT2D eigenvalue weighted by molar-refractivity contribution is 5.77. The van der Waals surface area contributed by atoms with Crippen molar-refractivity contribution in [2.24, 2.45) is 0 Å². The van der Waals surface area contributed by atoms with Gasteiger partial charge in [-0.15, -0.1) is 0 Å². The third-order valence-electron chi connectivity index (χ3n) is 4.49. The summed E-state index contributed by atoms with van der Waals surface area (Å²) >= 11 is 0. The van der Waals surface area contributed by atoms with Gasteiger partial charge in [0, 0.05) is 12.5 Å². The van der Waals surface area contributed by atoms with Gasteiger partial charge in [-0.25, -0.2) is 4.79 Å². The number of ether oxygens (including phenoxy) is 2. The smallest absolute Gasteiger partial charge is 0.377 e. The van der Waals surface area contributed by atoms with Crippen molar-refractivity contribution in [3.63, 3.8) is 0 Å². The molecular formula is C18H23NO10. The molecule has 1 amide bonds. The lowest BCUT2D eigenvalue weighted by molar-refractivity contribution is -0.284. The Morgan fingerprint density at radius 1 is 1.34 bits per heavy atom. The van der Waals surface area contributed by atoms with Crippen LogP contribution in [-0.2, 0) is 14.3 Å². The number of aliphatic hydroxyl groups is 4. The molecule has 1 aliphatic heterocycles. The molecule has 1 aromatic carbocycles. The first kappa shape index (κ1) is 22.7. The van der Waals surface area contributed by atoms with Crippen LogP contribution in [0.1, 0.15) is 23.7 Å². The Morgan fingerprint density at radius 2 is 1.97 bits per heavy atom. The number of hydrogen-bond donors (Lipinski definition) is 6. The fourth-order valence-corrected chi connectivity index (χ4v) is 3.04. The van der Waals surface area contributed by atoms with E-state index in [-0.39, 0.29) is 5.75 Å².